The number of rotatable bonds is 4. The van der Waals surface area contributed by atoms with Crippen molar-refractivity contribution in [3.63, 3.8) is 0 Å². The number of hydrogen-bond acceptors (Lipinski definition) is 3. The summed E-state index contributed by atoms with van der Waals surface area (Å²) in [6, 6.07) is 4.07. The SMILES string of the molecule is Cc1nn(CC(=O)Nc2cc(C(=O)O)ccc2Cl)cc1Cl. The van der Waals surface area contributed by atoms with E-state index in [4.69, 9.17) is 28.3 Å². The maximum atomic E-state index is 11.9. The van der Waals surface area contributed by atoms with Crippen molar-refractivity contribution in [1.82, 2.24) is 9.78 Å². The van der Waals surface area contributed by atoms with Gasteiger partial charge < -0.3 is 10.4 Å². The van der Waals surface area contributed by atoms with Crippen molar-refractivity contribution in [3.8, 4) is 0 Å². The van der Waals surface area contributed by atoms with Gasteiger partial charge in [0.05, 0.1) is 27.0 Å². The number of aryl methyl sites for hydroxylation is 1. The number of halogens is 2. The number of carboxylic acid groups (broad SMARTS) is 1. The normalized spacial score (nSPS) is 10.4. The number of nitrogens with zero attached hydrogens (tertiary/aromatic N) is 2. The number of carbonyl (C=O) groups is 2. The molecular weight excluding hydrogens is 317 g/mol. The van der Waals surface area contributed by atoms with Crippen LogP contribution in [0.15, 0.2) is 24.4 Å². The molecule has 110 valence electrons. The molecule has 1 aromatic carbocycles. The first kappa shape index (κ1) is 15.3. The number of benzene rings is 1. The molecule has 8 heteroatoms. The van der Waals surface area contributed by atoms with Crippen LogP contribution in [-0.2, 0) is 11.3 Å². The van der Waals surface area contributed by atoms with Crippen molar-refractivity contribution in [2.45, 2.75) is 13.5 Å². The molecule has 2 aromatic rings. The van der Waals surface area contributed by atoms with Gasteiger partial charge in [-0.25, -0.2) is 4.79 Å². The highest BCUT2D eigenvalue weighted by molar-refractivity contribution is 6.33. The second-order valence-electron chi connectivity index (χ2n) is 4.31. The minimum atomic E-state index is -1.10. The first-order valence-electron chi connectivity index (χ1n) is 5.89. The molecule has 2 N–H and O–H groups in total. The Labute approximate surface area is 130 Å². The summed E-state index contributed by atoms with van der Waals surface area (Å²) in [5.74, 6) is -1.49. The number of aromatic nitrogens is 2. The van der Waals surface area contributed by atoms with Crippen LogP contribution >= 0.6 is 23.2 Å². The highest BCUT2D eigenvalue weighted by Gasteiger charge is 2.11. The molecule has 0 aliphatic heterocycles. The topological polar surface area (TPSA) is 84.2 Å². The van der Waals surface area contributed by atoms with Gasteiger partial charge in [0.25, 0.3) is 0 Å². The number of amides is 1. The van der Waals surface area contributed by atoms with Gasteiger partial charge in [0.2, 0.25) is 5.91 Å². The van der Waals surface area contributed by atoms with Crippen LogP contribution < -0.4 is 5.32 Å². The minimum absolute atomic E-state index is 0.0349. The van der Waals surface area contributed by atoms with E-state index in [0.717, 1.165) is 0 Å². The Morgan fingerprint density at radius 1 is 1.33 bits per heavy atom. The molecule has 0 saturated heterocycles. The lowest BCUT2D eigenvalue weighted by atomic mass is 10.2. The Kier molecular flexibility index (Phi) is 4.50. The summed E-state index contributed by atoms with van der Waals surface area (Å²) in [5, 5.41) is 16.2. The fraction of sp³-hybridized carbons (Fsp3) is 0.154. The summed E-state index contributed by atoms with van der Waals surface area (Å²) < 4.78 is 1.39. The van der Waals surface area contributed by atoms with Gasteiger partial charge in [-0.2, -0.15) is 5.10 Å². The van der Waals surface area contributed by atoms with E-state index in [1.165, 1.54) is 29.1 Å². The zero-order chi connectivity index (χ0) is 15.6. The summed E-state index contributed by atoms with van der Waals surface area (Å²) in [5.41, 5.74) is 0.889. The van der Waals surface area contributed by atoms with Crippen molar-refractivity contribution in [1.29, 1.82) is 0 Å². The predicted molar refractivity (Wildman–Crippen MR) is 79.0 cm³/mol. The van der Waals surface area contributed by atoms with Gasteiger partial charge in [-0.1, -0.05) is 23.2 Å². The van der Waals surface area contributed by atoms with Gasteiger partial charge in [-0.05, 0) is 25.1 Å². The molecule has 0 bridgehead atoms. The average Bonchev–Trinajstić information content (AvgIpc) is 2.70. The second kappa shape index (κ2) is 6.15. The Morgan fingerprint density at radius 3 is 2.62 bits per heavy atom. The molecule has 1 aromatic heterocycles. The average molecular weight is 328 g/mol. The minimum Gasteiger partial charge on any atom is -0.478 e. The van der Waals surface area contributed by atoms with Crippen LogP contribution in [0.25, 0.3) is 0 Å². The first-order chi connectivity index (χ1) is 9.86. The van der Waals surface area contributed by atoms with E-state index in [-0.39, 0.29) is 22.8 Å². The van der Waals surface area contributed by atoms with Crippen molar-refractivity contribution in [2.24, 2.45) is 0 Å². The van der Waals surface area contributed by atoms with E-state index in [1.807, 2.05) is 0 Å². The monoisotopic (exact) mass is 327 g/mol. The Balaban J connectivity index is 2.12. The Morgan fingerprint density at radius 2 is 2.05 bits per heavy atom. The third kappa shape index (κ3) is 3.74. The molecule has 2 rings (SSSR count). The van der Waals surface area contributed by atoms with Gasteiger partial charge in [-0.15, -0.1) is 0 Å². The lowest BCUT2D eigenvalue weighted by molar-refractivity contribution is -0.116. The quantitative estimate of drug-likeness (QED) is 0.904. The molecule has 6 nitrogen and oxygen atoms in total. The van der Waals surface area contributed by atoms with Crippen molar-refractivity contribution in [2.75, 3.05) is 5.32 Å². The van der Waals surface area contributed by atoms with Crippen molar-refractivity contribution < 1.29 is 14.7 Å². The third-order valence-corrected chi connectivity index (χ3v) is 3.38. The number of aromatic carboxylic acids is 1. The van der Waals surface area contributed by atoms with Crippen LogP contribution in [0.5, 0.6) is 0 Å². The van der Waals surface area contributed by atoms with Gasteiger partial charge in [0.15, 0.2) is 0 Å². The number of nitrogens with one attached hydrogen (secondary N) is 1. The number of carbonyl (C=O) groups excluding carboxylic acids is 1. The summed E-state index contributed by atoms with van der Waals surface area (Å²) in [7, 11) is 0. The standard InChI is InChI=1S/C13H11Cl2N3O3/c1-7-10(15)5-18(17-7)6-12(19)16-11-4-8(13(20)21)2-3-9(11)14/h2-5H,6H2,1H3,(H,16,19)(H,20,21). The predicted octanol–water partition coefficient (Wildman–Crippen LogP) is 2.84. The van der Waals surface area contributed by atoms with Crippen molar-refractivity contribution >= 4 is 40.8 Å². The highest BCUT2D eigenvalue weighted by Crippen LogP contribution is 2.23. The molecular formula is C13H11Cl2N3O3. The second-order valence-corrected chi connectivity index (χ2v) is 5.12. The Hall–Kier alpha value is -2.05. The summed E-state index contributed by atoms with van der Waals surface area (Å²) in [4.78, 5) is 22.8. The Bertz CT molecular complexity index is 693. The lowest BCUT2D eigenvalue weighted by Crippen LogP contribution is -2.19. The third-order valence-electron chi connectivity index (χ3n) is 2.68. The van der Waals surface area contributed by atoms with Gasteiger partial charge in [0.1, 0.15) is 6.54 Å². The molecule has 0 atom stereocenters. The van der Waals surface area contributed by atoms with Gasteiger partial charge >= 0.3 is 5.97 Å². The van der Waals surface area contributed by atoms with Crippen LogP contribution in [-0.4, -0.2) is 26.8 Å². The smallest absolute Gasteiger partial charge is 0.335 e. The number of anilines is 1. The van der Waals surface area contributed by atoms with E-state index in [1.54, 1.807) is 6.92 Å². The summed E-state index contributed by atoms with van der Waals surface area (Å²) in [6.45, 7) is 1.67. The summed E-state index contributed by atoms with van der Waals surface area (Å²) in [6.07, 6.45) is 1.53. The van der Waals surface area contributed by atoms with Crippen LogP contribution in [0.4, 0.5) is 5.69 Å². The molecule has 0 spiro atoms. The summed E-state index contributed by atoms with van der Waals surface area (Å²) >= 11 is 11.8. The van der Waals surface area contributed by atoms with Gasteiger partial charge in [-0.3, -0.25) is 9.48 Å². The van der Waals surface area contributed by atoms with E-state index in [0.29, 0.717) is 10.7 Å². The van der Waals surface area contributed by atoms with Crippen LogP contribution in [0.1, 0.15) is 16.1 Å². The number of hydrogen-bond donors (Lipinski definition) is 2. The molecule has 0 aliphatic rings. The molecule has 21 heavy (non-hydrogen) atoms. The first-order valence-corrected chi connectivity index (χ1v) is 6.64. The lowest BCUT2D eigenvalue weighted by Gasteiger charge is -2.08. The maximum absolute atomic E-state index is 11.9. The molecule has 0 aliphatic carbocycles. The maximum Gasteiger partial charge on any atom is 0.335 e. The molecule has 0 radical (unpaired) electrons. The van der Waals surface area contributed by atoms with E-state index in [2.05, 4.69) is 10.4 Å². The zero-order valence-electron chi connectivity index (χ0n) is 10.9. The number of carboxylic acids is 1. The van der Waals surface area contributed by atoms with Gasteiger partial charge in [0, 0.05) is 6.20 Å². The molecule has 0 fully saturated rings. The van der Waals surface area contributed by atoms with Crippen LogP contribution in [0, 0.1) is 6.92 Å². The van der Waals surface area contributed by atoms with Crippen molar-refractivity contribution in [3.05, 3.63) is 45.7 Å². The molecule has 0 saturated carbocycles. The van der Waals surface area contributed by atoms with E-state index in [9.17, 15) is 9.59 Å². The fourth-order valence-corrected chi connectivity index (χ4v) is 1.98. The fourth-order valence-electron chi connectivity index (χ4n) is 1.67. The zero-order valence-corrected chi connectivity index (χ0v) is 12.4. The van der Waals surface area contributed by atoms with E-state index < -0.39 is 11.9 Å². The van der Waals surface area contributed by atoms with Crippen LogP contribution in [0.2, 0.25) is 10.0 Å². The molecule has 1 heterocycles. The van der Waals surface area contributed by atoms with Crippen LogP contribution in [0.3, 0.4) is 0 Å². The van der Waals surface area contributed by atoms with E-state index >= 15 is 0 Å². The highest BCUT2D eigenvalue weighted by atomic mass is 35.5. The largest absolute Gasteiger partial charge is 0.478 e. The molecule has 1 amide bonds. The molecule has 0 unspecified atom stereocenters.